The summed E-state index contributed by atoms with van der Waals surface area (Å²) in [5.74, 6) is 0. The molecule has 0 bridgehead atoms. The van der Waals surface area contributed by atoms with Crippen LogP contribution in [0, 0.1) is 11.3 Å². The van der Waals surface area contributed by atoms with Gasteiger partial charge in [-0.15, -0.1) is 0 Å². The first-order valence-electron chi connectivity index (χ1n) is 5.81. The molecule has 0 atom stereocenters. The van der Waals surface area contributed by atoms with E-state index in [0.29, 0.717) is 31.7 Å². The van der Waals surface area contributed by atoms with Gasteiger partial charge in [0, 0.05) is 36.3 Å². The molecule has 0 spiro atoms. The molecule has 1 aromatic rings. The average Bonchev–Trinajstić information content (AvgIpc) is 2.38. The van der Waals surface area contributed by atoms with Crippen molar-refractivity contribution in [3.8, 4) is 6.07 Å². The normalized spacial score (nSPS) is 17.2. The van der Waals surface area contributed by atoms with E-state index in [1.165, 1.54) is 10.6 Å². The Labute approximate surface area is 121 Å². The Morgan fingerprint density at radius 1 is 1.26 bits per heavy atom. The maximum Gasteiger partial charge on any atom is 0.211 e. The van der Waals surface area contributed by atoms with E-state index in [0.717, 1.165) is 10.2 Å². The van der Waals surface area contributed by atoms with E-state index in [9.17, 15) is 8.42 Å². The molecular weight excluding hydrogens is 330 g/mol. The summed E-state index contributed by atoms with van der Waals surface area (Å²) in [7, 11) is -3.10. The number of hydrogen-bond donors (Lipinski definition) is 0. The van der Waals surface area contributed by atoms with E-state index in [-0.39, 0.29) is 0 Å². The zero-order valence-corrected chi connectivity index (χ0v) is 12.9. The van der Waals surface area contributed by atoms with Crippen LogP contribution in [0.3, 0.4) is 0 Å². The zero-order valence-electron chi connectivity index (χ0n) is 10.5. The van der Waals surface area contributed by atoms with Gasteiger partial charge in [0.05, 0.1) is 11.8 Å². The number of anilines is 1. The second-order valence-corrected chi connectivity index (χ2v) is 7.26. The summed E-state index contributed by atoms with van der Waals surface area (Å²) in [6, 6.07) is 7.65. The summed E-state index contributed by atoms with van der Waals surface area (Å²) in [5.41, 5.74) is 1.59. The molecule has 0 amide bonds. The summed E-state index contributed by atoms with van der Waals surface area (Å²) in [4.78, 5) is 2.12. The Balaban J connectivity index is 2.10. The first-order valence-corrected chi connectivity index (χ1v) is 8.45. The van der Waals surface area contributed by atoms with Gasteiger partial charge in [-0.2, -0.15) is 9.57 Å². The van der Waals surface area contributed by atoms with Gasteiger partial charge in [-0.3, -0.25) is 0 Å². The number of benzene rings is 1. The lowest BCUT2D eigenvalue weighted by Crippen LogP contribution is -2.48. The van der Waals surface area contributed by atoms with Crippen molar-refractivity contribution in [3.63, 3.8) is 0 Å². The van der Waals surface area contributed by atoms with Crippen LogP contribution in [0.25, 0.3) is 0 Å². The molecule has 0 saturated carbocycles. The fourth-order valence-electron chi connectivity index (χ4n) is 2.07. The Morgan fingerprint density at radius 3 is 2.37 bits per heavy atom. The Hall–Kier alpha value is -1.10. The Kier molecular flexibility index (Phi) is 4.13. The van der Waals surface area contributed by atoms with Crippen LogP contribution in [0.4, 0.5) is 5.69 Å². The van der Waals surface area contributed by atoms with Gasteiger partial charge in [0.1, 0.15) is 6.07 Å². The predicted octanol–water partition coefficient (Wildman–Crippen LogP) is 1.40. The van der Waals surface area contributed by atoms with E-state index < -0.39 is 10.0 Å². The lowest BCUT2D eigenvalue weighted by molar-refractivity contribution is 0.388. The van der Waals surface area contributed by atoms with Crippen LogP contribution in [0.2, 0.25) is 0 Å². The van der Waals surface area contributed by atoms with Crippen LogP contribution in [-0.2, 0) is 10.0 Å². The molecule has 5 nitrogen and oxygen atoms in total. The van der Waals surface area contributed by atoms with Gasteiger partial charge in [0.2, 0.25) is 10.0 Å². The highest BCUT2D eigenvalue weighted by Crippen LogP contribution is 2.24. The first-order chi connectivity index (χ1) is 8.91. The highest BCUT2D eigenvalue weighted by molar-refractivity contribution is 9.10. The predicted molar refractivity (Wildman–Crippen MR) is 77.5 cm³/mol. The number of piperazine rings is 1. The smallest absolute Gasteiger partial charge is 0.211 e. The van der Waals surface area contributed by atoms with Crippen molar-refractivity contribution in [2.75, 3.05) is 37.3 Å². The summed E-state index contributed by atoms with van der Waals surface area (Å²) >= 11 is 3.36. The molecule has 19 heavy (non-hydrogen) atoms. The molecule has 7 heteroatoms. The average molecular weight is 344 g/mol. The highest BCUT2D eigenvalue weighted by atomic mass is 79.9. The topological polar surface area (TPSA) is 64.4 Å². The number of rotatable bonds is 2. The van der Waals surface area contributed by atoms with Gasteiger partial charge in [-0.05, 0) is 34.1 Å². The van der Waals surface area contributed by atoms with E-state index in [1.54, 1.807) is 6.07 Å². The van der Waals surface area contributed by atoms with Crippen molar-refractivity contribution in [3.05, 3.63) is 28.2 Å². The third kappa shape index (κ3) is 3.26. The molecule has 1 aliphatic heterocycles. The third-order valence-electron chi connectivity index (χ3n) is 3.15. The number of halogens is 1. The quantitative estimate of drug-likeness (QED) is 0.814. The molecule has 1 fully saturated rings. The number of nitrogens with zero attached hydrogens (tertiary/aromatic N) is 3. The second-order valence-electron chi connectivity index (χ2n) is 4.43. The van der Waals surface area contributed by atoms with Crippen molar-refractivity contribution in [2.24, 2.45) is 0 Å². The molecule has 2 rings (SSSR count). The second kappa shape index (κ2) is 5.49. The third-order valence-corrected chi connectivity index (χ3v) is 5.11. The standard InChI is InChI=1S/C12H14BrN3O2S/c1-19(17,18)16-6-4-15(5-7-16)11-3-2-10(9-14)12(13)8-11/h2-3,8H,4-7H2,1H3. The van der Waals surface area contributed by atoms with E-state index in [4.69, 9.17) is 5.26 Å². The number of sulfonamides is 1. The van der Waals surface area contributed by atoms with E-state index in [2.05, 4.69) is 26.9 Å². The van der Waals surface area contributed by atoms with Crippen LogP contribution in [0.5, 0.6) is 0 Å². The van der Waals surface area contributed by atoms with Gasteiger partial charge in [-0.25, -0.2) is 8.42 Å². The van der Waals surface area contributed by atoms with Crippen molar-refractivity contribution in [1.82, 2.24) is 4.31 Å². The SMILES string of the molecule is CS(=O)(=O)N1CCN(c2ccc(C#N)c(Br)c2)CC1. The molecular formula is C12H14BrN3O2S. The molecule has 1 aliphatic rings. The van der Waals surface area contributed by atoms with Gasteiger partial charge < -0.3 is 4.90 Å². The molecule has 1 heterocycles. The summed E-state index contributed by atoms with van der Waals surface area (Å²) in [5, 5.41) is 8.88. The molecule has 1 saturated heterocycles. The summed E-state index contributed by atoms with van der Waals surface area (Å²) in [6.45, 7) is 2.31. The summed E-state index contributed by atoms with van der Waals surface area (Å²) in [6.07, 6.45) is 1.24. The van der Waals surface area contributed by atoms with Gasteiger partial charge in [-0.1, -0.05) is 0 Å². The lowest BCUT2D eigenvalue weighted by Gasteiger charge is -2.34. The monoisotopic (exact) mass is 343 g/mol. The number of nitriles is 1. The zero-order chi connectivity index (χ0) is 14.0. The van der Waals surface area contributed by atoms with Crippen molar-refractivity contribution < 1.29 is 8.42 Å². The van der Waals surface area contributed by atoms with Crippen LogP contribution >= 0.6 is 15.9 Å². The minimum atomic E-state index is -3.10. The van der Waals surface area contributed by atoms with E-state index in [1.807, 2.05) is 12.1 Å². The molecule has 1 aromatic carbocycles. The van der Waals surface area contributed by atoms with Crippen molar-refractivity contribution in [1.29, 1.82) is 5.26 Å². The fourth-order valence-corrected chi connectivity index (χ4v) is 3.35. The molecule has 102 valence electrons. The van der Waals surface area contributed by atoms with Crippen LogP contribution in [0.1, 0.15) is 5.56 Å². The minimum absolute atomic E-state index is 0.496. The Bertz CT molecular complexity index is 616. The highest BCUT2D eigenvalue weighted by Gasteiger charge is 2.23. The van der Waals surface area contributed by atoms with Gasteiger partial charge in [0.15, 0.2) is 0 Å². The Morgan fingerprint density at radius 2 is 1.89 bits per heavy atom. The van der Waals surface area contributed by atoms with Crippen LogP contribution in [-0.4, -0.2) is 45.2 Å². The molecule has 0 unspecified atom stereocenters. The van der Waals surface area contributed by atoms with Crippen LogP contribution < -0.4 is 4.90 Å². The maximum absolute atomic E-state index is 11.4. The van der Waals surface area contributed by atoms with Gasteiger partial charge in [0.25, 0.3) is 0 Å². The van der Waals surface area contributed by atoms with E-state index >= 15 is 0 Å². The fraction of sp³-hybridized carbons (Fsp3) is 0.417. The van der Waals surface area contributed by atoms with Crippen LogP contribution in [0.15, 0.2) is 22.7 Å². The molecule has 0 N–H and O–H groups in total. The minimum Gasteiger partial charge on any atom is -0.369 e. The molecule has 0 aromatic heterocycles. The number of hydrogen-bond acceptors (Lipinski definition) is 4. The molecule has 0 aliphatic carbocycles. The lowest BCUT2D eigenvalue weighted by atomic mass is 10.2. The molecule has 0 radical (unpaired) electrons. The first kappa shape index (κ1) is 14.3. The van der Waals surface area contributed by atoms with Crippen molar-refractivity contribution >= 4 is 31.6 Å². The van der Waals surface area contributed by atoms with Crippen molar-refractivity contribution in [2.45, 2.75) is 0 Å². The summed E-state index contributed by atoms with van der Waals surface area (Å²) < 4.78 is 25.1. The van der Waals surface area contributed by atoms with Gasteiger partial charge >= 0.3 is 0 Å². The maximum atomic E-state index is 11.4. The largest absolute Gasteiger partial charge is 0.369 e.